The molecular weight excluding hydrogens is 189 g/mol. The van der Waals surface area contributed by atoms with Crippen LogP contribution in [-0.4, -0.2) is 19.3 Å². The van der Waals surface area contributed by atoms with E-state index in [4.69, 9.17) is 0 Å². The van der Waals surface area contributed by atoms with Crippen molar-refractivity contribution in [2.45, 2.75) is 25.9 Å². The minimum atomic E-state index is -0.692. The fraction of sp³-hybridized carbons (Fsp3) is 0.538. The minimum absolute atomic E-state index is 0.214. The third-order valence-electron chi connectivity index (χ3n) is 3.16. The van der Waals surface area contributed by atoms with Gasteiger partial charge in [0.05, 0.1) is 0 Å². The van der Waals surface area contributed by atoms with Crippen LogP contribution >= 0.6 is 0 Å². The van der Waals surface area contributed by atoms with Gasteiger partial charge in [0.2, 0.25) is 0 Å². The van der Waals surface area contributed by atoms with Crippen LogP contribution in [0.4, 0.5) is 4.39 Å². The van der Waals surface area contributed by atoms with Crippen LogP contribution in [0.15, 0.2) is 24.3 Å². The quantitative estimate of drug-likeness (QED) is 0.803. The van der Waals surface area contributed by atoms with E-state index in [1.54, 1.807) is 0 Å². The summed E-state index contributed by atoms with van der Waals surface area (Å²) in [6.45, 7) is 3.86. The molecule has 1 aromatic carbocycles. The van der Waals surface area contributed by atoms with E-state index in [-0.39, 0.29) is 5.92 Å². The van der Waals surface area contributed by atoms with Gasteiger partial charge in [0.15, 0.2) is 0 Å². The number of halogens is 1. The third kappa shape index (κ3) is 2.78. The van der Waals surface area contributed by atoms with Crippen LogP contribution in [0.5, 0.6) is 0 Å². The highest BCUT2D eigenvalue weighted by molar-refractivity contribution is 5.22. The molecule has 2 atom stereocenters. The van der Waals surface area contributed by atoms with Crippen LogP contribution in [0.3, 0.4) is 0 Å². The van der Waals surface area contributed by atoms with Gasteiger partial charge in [-0.2, -0.15) is 0 Å². The molecular formula is C13H18FN. The minimum Gasteiger partial charge on any atom is -0.316 e. The highest BCUT2D eigenvalue weighted by Gasteiger charge is 2.24. The van der Waals surface area contributed by atoms with Crippen LogP contribution in [-0.2, 0) is 6.42 Å². The summed E-state index contributed by atoms with van der Waals surface area (Å²) in [5.41, 5.74) is 2.34. The maximum absolute atomic E-state index is 13.9. The zero-order chi connectivity index (χ0) is 10.7. The second-order valence-electron chi connectivity index (χ2n) is 4.46. The predicted octanol–water partition coefficient (Wildman–Crippen LogP) is 2.49. The average molecular weight is 207 g/mol. The second kappa shape index (κ2) is 4.75. The first-order valence-electron chi connectivity index (χ1n) is 5.66. The van der Waals surface area contributed by atoms with Gasteiger partial charge in [0.25, 0.3) is 0 Å². The number of benzene rings is 1. The Morgan fingerprint density at radius 1 is 1.40 bits per heavy atom. The Labute approximate surface area is 90.7 Å². The Balaban J connectivity index is 1.92. The number of rotatable bonds is 3. The summed E-state index contributed by atoms with van der Waals surface area (Å²) in [5.74, 6) is 0.214. The lowest BCUT2D eigenvalue weighted by molar-refractivity contribution is 0.240. The SMILES string of the molecule is Cc1ccc(CC(F)C2CCNC2)cc1. The normalized spacial score (nSPS) is 22.9. The predicted molar refractivity (Wildman–Crippen MR) is 60.8 cm³/mol. The Morgan fingerprint density at radius 3 is 2.73 bits per heavy atom. The molecule has 1 aliphatic heterocycles. The molecule has 0 spiro atoms. The summed E-state index contributed by atoms with van der Waals surface area (Å²) in [6.07, 6.45) is 0.849. The second-order valence-corrected chi connectivity index (χ2v) is 4.46. The van der Waals surface area contributed by atoms with Crippen molar-refractivity contribution >= 4 is 0 Å². The standard InChI is InChI=1S/C13H18FN/c1-10-2-4-11(5-3-10)8-13(14)12-6-7-15-9-12/h2-5,12-13,15H,6-9H2,1H3. The number of alkyl halides is 1. The number of hydrogen-bond acceptors (Lipinski definition) is 1. The van der Waals surface area contributed by atoms with Gasteiger partial charge in [-0.15, -0.1) is 0 Å². The molecule has 1 aromatic rings. The van der Waals surface area contributed by atoms with Crippen LogP contribution in [0, 0.1) is 12.8 Å². The van der Waals surface area contributed by atoms with Crippen molar-refractivity contribution in [3.63, 3.8) is 0 Å². The van der Waals surface area contributed by atoms with Crippen molar-refractivity contribution in [2.24, 2.45) is 5.92 Å². The molecule has 2 heteroatoms. The lowest BCUT2D eigenvalue weighted by atomic mass is 9.96. The Hall–Kier alpha value is -0.890. The van der Waals surface area contributed by atoms with E-state index < -0.39 is 6.17 Å². The summed E-state index contributed by atoms with van der Waals surface area (Å²) in [5, 5.41) is 3.21. The summed E-state index contributed by atoms with van der Waals surface area (Å²) < 4.78 is 13.9. The molecule has 1 N–H and O–H groups in total. The van der Waals surface area contributed by atoms with E-state index in [9.17, 15) is 4.39 Å². The maximum Gasteiger partial charge on any atom is 0.108 e. The van der Waals surface area contributed by atoms with Crippen molar-refractivity contribution in [2.75, 3.05) is 13.1 Å². The molecule has 82 valence electrons. The molecule has 15 heavy (non-hydrogen) atoms. The van der Waals surface area contributed by atoms with Gasteiger partial charge in [-0.3, -0.25) is 0 Å². The Morgan fingerprint density at radius 2 is 2.13 bits per heavy atom. The van der Waals surface area contributed by atoms with Crippen LogP contribution in [0.25, 0.3) is 0 Å². The summed E-state index contributed by atoms with van der Waals surface area (Å²) in [7, 11) is 0. The van der Waals surface area contributed by atoms with Gasteiger partial charge in [-0.25, -0.2) is 4.39 Å². The van der Waals surface area contributed by atoms with Crippen LogP contribution < -0.4 is 5.32 Å². The Kier molecular flexibility index (Phi) is 3.37. The van der Waals surface area contributed by atoms with Crippen LogP contribution in [0.1, 0.15) is 17.5 Å². The van der Waals surface area contributed by atoms with E-state index in [0.717, 1.165) is 25.1 Å². The smallest absolute Gasteiger partial charge is 0.108 e. The first kappa shape index (κ1) is 10.6. The lowest BCUT2D eigenvalue weighted by Gasteiger charge is -2.14. The first-order valence-corrected chi connectivity index (χ1v) is 5.66. The molecule has 0 radical (unpaired) electrons. The summed E-state index contributed by atoms with van der Waals surface area (Å²) in [4.78, 5) is 0. The molecule has 2 unspecified atom stereocenters. The summed E-state index contributed by atoms with van der Waals surface area (Å²) >= 11 is 0. The van der Waals surface area contributed by atoms with Gasteiger partial charge in [-0.05, 0) is 25.5 Å². The molecule has 0 saturated carbocycles. The molecule has 0 bridgehead atoms. The molecule has 1 nitrogen and oxygen atoms in total. The molecule has 0 aliphatic carbocycles. The van der Waals surface area contributed by atoms with Gasteiger partial charge in [-0.1, -0.05) is 29.8 Å². The van der Waals surface area contributed by atoms with Crippen molar-refractivity contribution in [1.29, 1.82) is 0 Å². The topological polar surface area (TPSA) is 12.0 Å². The average Bonchev–Trinajstić information content (AvgIpc) is 2.74. The van der Waals surface area contributed by atoms with Crippen molar-refractivity contribution in [1.82, 2.24) is 5.32 Å². The summed E-state index contributed by atoms with van der Waals surface area (Å²) in [6, 6.07) is 8.17. The van der Waals surface area contributed by atoms with E-state index in [1.165, 1.54) is 5.56 Å². The lowest BCUT2D eigenvalue weighted by Crippen LogP contribution is -2.21. The monoisotopic (exact) mass is 207 g/mol. The number of aryl methyl sites for hydroxylation is 1. The van der Waals surface area contributed by atoms with Crippen molar-refractivity contribution in [3.8, 4) is 0 Å². The van der Waals surface area contributed by atoms with Crippen molar-refractivity contribution < 1.29 is 4.39 Å². The van der Waals surface area contributed by atoms with E-state index in [1.807, 2.05) is 12.1 Å². The molecule has 0 amide bonds. The Bertz CT molecular complexity index is 301. The van der Waals surface area contributed by atoms with Gasteiger partial charge < -0.3 is 5.32 Å². The van der Waals surface area contributed by atoms with E-state index >= 15 is 0 Å². The van der Waals surface area contributed by atoms with Gasteiger partial charge >= 0.3 is 0 Å². The molecule has 1 saturated heterocycles. The highest BCUT2D eigenvalue weighted by Crippen LogP contribution is 2.19. The largest absolute Gasteiger partial charge is 0.316 e. The van der Waals surface area contributed by atoms with E-state index in [0.29, 0.717) is 6.42 Å². The van der Waals surface area contributed by atoms with Crippen molar-refractivity contribution in [3.05, 3.63) is 35.4 Å². The fourth-order valence-electron chi connectivity index (χ4n) is 2.10. The van der Waals surface area contributed by atoms with Gasteiger partial charge in [0, 0.05) is 18.9 Å². The number of hydrogen-bond donors (Lipinski definition) is 1. The maximum atomic E-state index is 13.9. The molecule has 1 fully saturated rings. The molecule has 1 heterocycles. The number of nitrogens with one attached hydrogen (secondary N) is 1. The zero-order valence-corrected chi connectivity index (χ0v) is 9.17. The van der Waals surface area contributed by atoms with Crippen LogP contribution in [0.2, 0.25) is 0 Å². The highest BCUT2D eigenvalue weighted by atomic mass is 19.1. The fourth-order valence-corrected chi connectivity index (χ4v) is 2.10. The van der Waals surface area contributed by atoms with Gasteiger partial charge in [0.1, 0.15) is 6.17 Å². The zero-order valence-electron chi connectivity index (χ0n) is 9.17. The molecule has 2 rings (SSSR count). The van der Waals surface area contributed by atoms with E-state index in [2.05, 4.69) is 24.4 Å². The third-order valence-corrected chi connectivity index (χ3v) is 3.16. The first-order chi connectivity index (χ1) is 7.25. The molecule has 0 aromatic heterocycles. The molecule has 1 aliphatic rings.